The summed E-state index contributed by atoms with van der Waals surface area (Å²) in [4.78, 5) is 23.4. The number of esters is 1. The minimum absolute atomic E-state index is 0.107. The van der Waals surface area contributed by atoms with Crippen molar-refractivity contribution in [1.29, 1.82) is 0 Å². The second kappa shape index (κ2) is 10.7. The number of ether oxygens (including phenoxy) is 1. The molecule has 0 radical (unpaired) electrons. The van der Waals surface area contributed by atoms with Crippen LogP contribution in [0.15, 0.2) is 18.3 Å². The fourth-order valence-corrected chi connectivity index (χ4v) is 2.23. The topological polar surface area (TPSA) is 48.3 Å². The molecule has 1 aromatic rings. The molecular weight excluding hydrogens is 313 g/mol. The molecule has 0 saturated heterocycles. The van der Waals surface area contributed by atoms with Crippen LogP contribution in [-0.2, 0) is 16.1 Å². The van der Waals surface area contributed by atoms with E-state index in [0.29, 0.717) is 30.3 Å². The zero-order chi connectivity index (χ0) is 15.5. The van der Waals surface area contributed by atoms with Gasteiger partial charge in [0.25, 0.3) is 0 Å². The third kappa shape index (κ3) is 7.00. The molecule has 0 aromatic carbocycles. The van der Waals surface area contributed by atoms with E-state index >= 15 is 0 Å². The van der Waals surface area contributed by atoms with E-state index in [2.05, 4.69) is 0 Å². The lowest BCUT2D eigenvalue weighted by Crippen LogP contribution is -2.17. The van der Waals surface area contributed by atoms with E-state index in [9.17, 15) is 9.59 Å². The van der Waals surface area contributed by atoms with Gasteiger partial charge in [-0.05, 0) is 31.4 Å². The molecular formula is C15H21Cl2NO3. The Labute approximate surface area is 135 Å². The van der Waals surface area contributed by atoms with Gasteiger partial charge >= 0.3 is 5.97 Å². The maximum atomic E-state index is 12.0. The van der Waals surface area contributed by atoms with Crippen molar-refractivity contribution >= 4 is 35.0 Å². The van der Waals surface area contributed by atoms with Gasteiger partial charge in [0.05, 0.1) is 0 Å². The van der Waals surface area contributed by atoms with Gasteiger partial charge in [-0.15, -0.1) is 23.2 Å². The molecule has 0 aliphatic rings. The number of Topliss-reactive ketones (excluding diaryl/α,β-unsaturated/α-hetero) is 1. The summed E-state index contributed by atoms with van der Waals surface area (Å²) in [5.74, 6) is 0.524. The second-order valence-corrected chi connectivity index (χ2v) is 5.50. The van der Waals surface area contributed by atoms with Crippen molar-refractivity contribution in [2.75, 3.05) is 18.4 Å². The number of carbonyl (C=O) groups excluding carboxylic acids is 2. The minimum Gasteiger partial charge on any atom is -0.453 e. The van der Waals surface area contributed by atoms with Crippen LogP contribution in [-0.4, -0.2) is 34.7 Å². The van der Waals surface area contributed by atoms with E-state index in [4.69, 9.17) is 27.9 Å². The van der Waals surface area contributed by atoms with Crippen molar-refractivity contribution in [2.24, 2.45) is 0 Å². The molecule has 1 rings (SSSR count). The average Bonchev–Trinajstić information content (AvgIpc) is 2.95. The number of unbranched alkanes of at least 4 members (excludes halogenated alkanes) is 2. The number of nitrogens with zero attached hydrogens (tertiary/aromatic N) is 1. The number of carbonyl (C=O) groups is 2. The Hall–Kier alpha value is -1.00. The van der Waals surface area contributed by atoms with Crippen LogP contribution in [0.5, 0.6) is 0 Å². The van der Waals surface area contributed by atoms with E-state index in [0.717, 1.165) is 25.8 Å². The largest absolute Gasteiger partial charge is 0.453 e. The Morgan fingerprint density at radius 2 is 1.86 bits per heavy atom. The zero-order valence-electron chi connectivity index (χ0n) is 12.0. The molecule has 21 heavy (non-hydrogen) atoms. The van der Waals surface area contributed by atoms with Gasteiger partial charge in [-0.3, -0.25) is 4.79 Å². The highest BCUT2D eigenvalue weighted by Crippen LogP contribution is 2.08. The van der Waals surface area contributed by atoms with Gasteiger partial charge in [-0.25, -0.2) is 4.79 Å². The lowest BCUT2D eigenvalue weighted by molar-refractivity contribution is -0.122. The predicted molar refractivity (Wildman–Crippen MR) is 84.2 cm³/mol. The second-order valence-electron chi connectivity index (χ2n) is 4.74. The number of ketones is 1. The maximum Gasteiger partial charge on any atom is 0.355 e. The quantitative estimate of drug-likeness (QED) is 0.353. The number of alkyl halides is 2. The van der Waals surface area contributed by atoms with Crippen molar-refractivity contribution < 1.29 is 14.3 Å². The first-order valence-electron chi connectivity index (χ1n) is 7.15. The highest BCUT2D eigenvalue weighted by atomic mass is 35.5. The summed E-state index contributed by atoms with van der Waals surface area (Å²) in [6.07, 6.45) is 5.73. The monoisotopic (exact) mass is 333 g/mol. The van der Waals surface area contributed by atoms with Crippen LogP contribution in [0.1, 0.15) is 42.6 Å². The van der Waals surface area contributed by atoms with E-state index < -0.39 is 5.97 Å². The van der Waals surface area contributed by atoms with Crippen LogP contribution in [0.2, 0.25) is 0 Å². The predicted octanol–water partition coefficient (Wildman–Crippen LogP) is 3.64. The standard InChI is InChI=1S/C15H21Cl2NO3/c16-8-2-1-3-10-18-11-5-7-14(18)15(20)21-12-13(19)6-4-9-17/h5,7,11H,1-4,6,8-10,12H2. The zero-order valence-corrected chi connectivity index (χ0v) is 13.5. The lowest BCUT2D eigenvalue weighted by Gasteiger charge is -2.09. The molecule has 0 spiro atoms. The number of aryl methyl sites for hydroxylation is 1. The summed E-state index contributed by atoms with van der Waals surface area (Å²) in [5.41, 5.74) is 0.478. The highest BCUT2D eigenvalue weighted by Gasteiger charge is 2.13. The normalized spacial score (nSPS) is 10.6. The molecule has 0 fully saturated rings. The SMILES string of the molecule is O=C(CCCCl)COC(=O)c1cccn1CCCCCCl. The molecule has 1 heterocycles. The van der Waals surface area contributed by atoms with Crippen molar-refractivity contribution in [1.82, 2.24) is 4.57 Å². The first kappa shape index (κ1) is 18.1. The molecule has 4 nitrogen and oxygen atoms in total. The average molecular weight is 334 g/mol. The Bertz CT molecular complexity index is 446. The van der Waals surface area contributed by atoms with E-state index in [1.54, 1.807) is 12.1 Å². The fraction of sp³-hybridized carbons (Fsp3) is 0.600. The number of hydrogen-bond donors (Lipinski definition) is 0. The van der Waals surface area contributed by atoms with Crippen LogP contribution < -0.4 is 0 Å². The Morgan fingerprint density at radius 1 is 1.10 bits per heavy atom. The summed E-state index contributed by atoms with van der Waals surface area (Å²) >= 11 is 11.1. The Balaban J connectivity index is 2.40. The lowest BCUT2D eigenvalue weighted by atomic mass is 10.2. The fourth-order valence-electron chi connectivity index (χ4n) is 1.90. The molecule has 0 atom stereocenters. The molecule has 0 aliphatic heterocycles. The number of hydrogen-bond acceptors (Lipinski definition) is 3. The molecule has 0 bridgehead atoms. The van der Waals surface area contributed by atoms with E-state index in [1.165, 1.54) is 0 Å². The van der Waals surface area contributed by atoms with Gasteiger partial charge in [0.15, 0.2) is 5.78 Å². The third-order valence-electron chi connectivity index (χ3n) is 3.02. The van der Waals surface area contributed by atoms with Gasteiger partial charge in [-0.2, -0.15) is 0 Å². The van der Waals surface area contributed by atoms with Crippen LogP contribution in [0.4, 0.5) is 0 Å². The molecule has 0 unspecified atom stereocenters. The summed E-state index contributed by atoms with van der Waals surface area (Å²) < 4.78 is 6.89. The summed E-state index contributed by atoms with van der Waals surface area (Å²) in [5, 5.41) is 0. The van der Waals surface area contributed by atoms with E-state index in [1.807, 2.05) is 10.8 Å². The first-order chi connectivity index (χ1) is 10.2. The van der Waals surface area contributed by atoms with Crippen LogP contribution in [0, 0.1) is 0 Å². The molecule has 6 heteroatoms. The van der Waals surface area contributed by atoms with Crippen molar-refractivity contribution in [3.63, 3.8) is 0 Å². The van der Waals surface area contributed by atoms with Gasteiger partial charge < -0.3 is 9.30 Å². The summed E-state index contributed by atoms with van der Waals surface area (Å²) in [6.45, 7) is 0.557. The Kier molecular flexibility index (Phi) is 9.19. The number of halogens is 2. The Morgan fingerprint density at radius 3 is 2.57 bits per heavy atom. The first-order valence-corrected chi connectivity index (χ1v) is 8.22. The minimum atomic E-state index is -0.462. The smallest absolute Gasteiger partial charge is 0.355 e. The highest BCUT2D eigenvalue weighted by molar-refractivity contribution is 6.18. The van der Waals surface area contributed by atoms with Crippen LogP contribution >= 0.6 is 23.2 Å². The molecule has 1 aromatic heterocycles. The van der Waals surface area contributed by atoms with Gasteiger partial charge in [0.1, 0.15) is 12.3 Å². The van der Waals surface area contributed by atoms with Crippen LogP contribution in [0.3, 0.4) is 0 Å². The van der Waals surface area contributed by atoms with Crippen LogP contribution in [0.25, 0.3) is 0 Å². The van der Waals surface area contributed by atoms with Gasteiger partial charge in [0.2, 0.25) is 0 Å². The van der Waals surface area contributed by atoms with E-state index in [-0.39, 0.29) is 12.4 Å². The summed E-state index contributed by atoms with van der Waals surface area (Å²) in [6, 6.07) is 3.50. The number of rotatable bonds is 11. The van der Waals surface area contributed by atoms with Crippen molar-refractivity contribution in [2.45, 2.75) is 38.6 Å². The molecule has 0 saturated carbocycles. The van der Waals surface area contributed by atoms with Gasteiger partial charge in [-0.1, -0.05) is 6.42 Å². The third-order valence-corrected chi connectivity index (χ3v) is 3.56. The molecule has 0 aliphatic carbocycles. The number of aromatic nitrogens is 1. The van der Waals surface area contributed by atoms with Crippen molar-refractivity contribution in [3.8, 4) is 0 Å². The van der Waals surface area contributed by atoms with Crippen molar-refractivity contribution in [3.05, 3.63) is 24.0 Å². The maximum absolute atomic E-state index is 12.0. The molecule has 0 N–H and O–H groups in total. The molecule has 0 amide bonds. The summed E-state index contributed by atoms with van der Waals surface area (Å²) in [7, 11) is 0. The molecule has 118 valence electrons. The van der Waals surface area contributed by atoms with Gasteiger partial charge in [0, 0.05) is 30.9 Å².